The molecule has 0 saturated carbocycles. The predicted octanol–water partition coefficient (Wildman–Crippen LogP) is 8.24. The molecule has 0 spiro atoms. The molecule has 0 unspecified atom stereocenters. The number of nitrogens with one attached hydrogen (secondary N) is 1. The van der Waals surface area contributed by atoms with Crippen LogP contribution in [0.15, 0.2) is 24.4 Å². The second-order valence-electron chi connectivity index (χ2n) is 14.4. The van der Waals surface area contributed by atoms with Gasteiger partial charge in [-0.1, -0.05) is 26.7 Å². The van der Waals surface area contributed by atoms with Gasteiger partial charge in [-0.15, -0.1) is 0 Å². The van der Waals surface area contributed by atoms with Crippen LogP contribution in [-0.2, 0) is 11.2 Å². The number of carbonyl (C=O) groups excluding carboxylic acids is 1. The van der Waals surface area contributed by atoms with Gasteiger partial charge in [0.1, 0.15) is 35.4 Å². The zero-order valence-corrected chi connectivity index (χ0v) is 29.6. The monoisotopic (exact) mass is 712 g/mol. The van der Waals surface area contributed by atoms with Crippen molar-refractivity contribution in [1.82, 2.24) is 24.9 Å². The number of aromatic hydroxyl groups is 1. The average molecular weight is 713 g/mol. The largest absolute Gasteiger partial charge is 0.505 e. The third-order valence-corrected chi connectivity index (χ3v) is 9.61. The van der Waals surface area contributed by atoms with E-state index in [1.165, 1.54) is 17.3 Å². The highest BCUT2D eigenvalue weighted by atomic mass is 19.1. The van der Waals surface area contributed by atoms with E-state index in [4.69, 9.17) is 9.47 Å². The molecule has 2 N–H and O–H groups in total. The van der Waals surface area contributed by atoms with Crippen LogP contribution in [0.25, 0.3) is 32.9 Å². The summed E-state index contributed by atoms with van der Waals surface area (Å²) < 4.78 is 73.4. The Kier molecular flexibility index (Phi) is 10.2. The second-order valence-corrected chi connectivity index (χ2v) is 14.4. The molecule has 6 rings (SSSR count). The van der Waals surface area contributed by atoms with Crippen LogP contribution in [0.2, 0.25) is 0 Å². The summed E-state index contributed by atoms with van der Waals surface area (Å²) in [6, 6.07) is 3.08. The number of unbranched alkanes of at least 4 members (excludes halogenated alkanes) is 2. The number of anilines is 1. The maximum absolute atomic E-state index is 16.9. The van der Waals surface area contributed by atoms with E-state index < -0.39 is 46.6 Å². The van der Waals surface area contributed by atoms with Gasteiger partial charge in [0.2, 0.25) is 0 Å². The number of carbonyl (C=O) groups is 1. The molecule has 51 heavy (non-hydrogen) atoms. The smallest absolute Gasteiger partial charge is 0.429 e. The first-order valence-electron chi connectivity index (χ1n) is 17.5. The first-order valence-corrected chi connectivity index (χ1v) is 17.5. The molecular weight excluding hydrogens is 668 g/mol. The molecule has 0 bridgehead atoms. The number of hydrogen-bond donors (Lipinski definition) is 2. The third-order valence-electron chi connectivity index (χ3n) is 9.61. The van der Waals surface area contributed by atoms with Crippen molar-refractivity contribution in [2.24, 2.45) is 0 Å². The van der Waals surface area contributed by atoms with E-state index >= 15 is 13.2 Å². The third kappa shape index (κ3) is 7.19. The van der Waals surface area contributed by atoms with E-state index in [1.807, 2.05) is 6.92 Å². The van der Waals surface area contributed by atoms with Gasteiger partial charge in [-0.05, 0) is 76.8 Å². The number of benzene rings is 2. The summed E-state index contributed by atoms with van der Waals surface area (Å²) in [5.41, 5.74) is 1.14. The van der Waals surface area contributed by atoms with E-state index in [0.717, 1.165) is 44.4 Å². The van der Waals surface area contributed by atoms with Crippen LogP contribution in [0.1, 0.15) is 78.7 Å². The van der Waals surface area contributed by atoms with Crippen molar-refractivity contribution in [3.63, 3.8) is 0 Å². The standard InChI is InChI=1S/C37H44F4N6O4/c1-6-8-9-15-47(35(49)51-36(3,4)5)45-33-25-18-42-31(24-16-27(48)29(40)23-11-12-26(39)22(7-2)28(23)24)30(41)32(25)43-34(44-33)50-20-37-13-10-14-46(37)19-21(38)17-37/h11-12,16,18,21,48H,6-10,13-15,17,19-20H2,1-5H3,(H,43,44,45)/t21-,37+/m1/s1. The number of alkyl halides is 1. The van der Waals surface area contributed by atoms with Gasteiger partial charge in [0.25, 0.3) is 0 Å². The topological polar surface area (TPSA) is 113 Å². The molecule has 14 heteroatoms. The van der Waals surface area contributed by atoms with Crippen LogP contribution < -0.4 is 10.2 Å². The molecule has 10 nitrogen and oxygen atoms in total. The average Bonchev–Trinajstić information content (AvgIpc) is 3.60. The molecule has 0 radical (unpaired) electrons. The van der Waals surface area contributed by atoms with Crippen molar-refractivity contribution in [2.75, 3.05) is 31.7 Å². The first-order chi connectivity index (χ1) is 24.2. The Morgan fingerprint density at radius 2 is 1.92 bits per heavy atom. The molecule has 4 aromatic rings. The van der Waals surface area contributed by atoms with Gasteiger partial charge in [0.15, 0.2) is 23.2 Å². The fourth-order valence-corrected chi connectivity index (χ4v) is 7.23. The Balaban J connectivity index is 1.49. The number of phenolic OH excluding ortho intramolecular Hbond substituents is 1. The number of fused-ring (bicyclic) bond motifs is 3. The van der Waals surface area contributed by atoms with Crippen LogP contribution in [0.5, 0.6) is 11.8 Å². The number of aryl methyl sites for hydroxylation is 1. The number of phenols is 1. The summed E-state index contributed by atoms with van der Waals surface area (Å²) in [6.07, 6.45) is 4.00. The molecule has 0 aliphatic carbocycles. The van der Waals surface area contributed by atoms with Gasteiger partial charge in [-0.3, -0.25) is 15.3 Å². The lowest BCUT2D eigenvalue weighted by molar-refractivity contribution is 0.0293. The van der Waals surface area contributed by atoms with Crippen LogP contribution in [0.4, 0.5) is 28.2 Å². The number of hydrazine groups is 1. The van der Waals surface area contributed by atoms with Gasteiger partial charge >= 0.3 is 12.1 Å². The minimum atomic E-state index is -1.000. The van der Waals surface area contributed by atoms with Crippen molar-refractivity contribution in [3.05, 3.63) is 47.4 Å². The highest BCUT2D eigenvalue weighted by Crippen LogP contribution is 2.42. The highest BCUT2D eigenvalue weighted by molar-refractivity contribution is 6.02. The summed E-state index contributed by atoms with van der Waals surface area (Å²) in [6.45, 7) is 10.3. The van der Waals surface area contributed by atoms with Crippen molar-refractivity contribution in [3.8, 4) is 23.0 Å². The van der Waals surface area contributed by atoms with Crippen molar-refractivity contribution >= 4 is 33.6 Å². The van der Waals surface area contributed by atoms with Crippen molar-refractivity contribution in [1.29, 1.82) is 0 Å². The molecule has 4 heterocycles. The fraction of sp³-hybridized carbons (Fsp3) is 0.514. The van der Waals surface area contributed by atoms with Gasteiger partial charge < -0.3 is 14.6 Å². The number of pyridine rings is 1. The SMILES string of the molecule is CCCCCN(Nc1nc(OC[C@@]23CCCN2C[C@H](F)C3)nc2c(F)c(-c3cc(O)c(F)c4ccc(F)c(CC)c34)ncc12)C(=O)OC(C)(C)C. The van der Waals surface area contributed by atoms with Gasteiger partial charge in [0.05, 0.1) is 10.9 Å². The zero-order valence-electron chi connectivity index (χ0n) is 29.6. The summed E-state index contributed by atoms with van der Waals surface area (Å²) in [5.74, 6) is -3.32. The number of hydrogen-bond acceptors (Lipinski definition) is 9. The van der Waals surface area contributed by atoms with Crippen LogP contribution in [0, 0.1) is 17.5 Å². The zero-order chi connectivity index (χ0) is 36.7. The Bertz CT molecular complexity index is 1960. The molecule has 2 aliphatic rings. The minimum Gasteiger partial charge on any atom is -0.505 e. The number of nitrogens with zero attached hydrogens (tertiary/aromatic N) is 5. The van der Waals surface area contributed by atoms with Crippen LogP contribution in [-0.4, -0.2) is 79.6 Å². The van der Waals surface area contributed by atoms with E-state index in [1.54, 1.807) is 27.7 Å². The molecule has 2 atom stereocenters. The summed E-state index contributed by atoms with van der Waals surface area (Å²) in [5, 5.41) is 11.8. The maximum atomic E-state index is 16.9. The summed E-state index contributed by atoms with van der Waals surface area (Å²) in [7, 11) is 0. The Labute approximate surface area is 294 Å². The Morgan fingerprint density at radius 3 is 2.65 bits per heavy atom. The lowest BCUT2D eigenvalue weighted by Gasteiger charge is -2.31. The van der Waals surface area contributed by atoms with Crippen LogP contribution >= 0.6 is 0 Å². The highest BCUT2D eigenvalue weighted by Gasteiger charge is 2.49. The molecule has 2 saturated heterocycles. The normalized spacial score (nSPS) is 19.1. The number of aromatic nitrogens is 3. The number of amides is 1. The molecule has 2 aromatic carbocycles. The van der Waals surface area contributed by atoms with E-state index in [0.29, 0.717) is 13.0 Å². The number of halogens is 4. The van der Waals surface area contributed by atoms with E-state index in [2.05, 4.69) is 25.3 Å². The van der Waals surface area contributed by atoms with Gasteiger partial charge in [0, 0.05) is 42.0 Å². The number of ether oxygens (including phenoxy) is 2. The van der Waals surface area contributed by atoms with Crippen LogP contribution in [0.3, 0.4) is 0 Å². The first kappa shape index (κ1) is 36.3. The van der Waals surface area contributed by atoms with Crippen molar-refractivity contribution < 1.29 is 36.9 Å². The summed E-state index contributed by atoms with van der Waals surface area (Å²) in [4.78, 5) is 28.8. The number of rotatable bonds is 11. The van der Waals surface area contributed by atoms with E-state index in [9.17, 15) is 14.3 Å². The van der Waals surface area contributed by atoms with Gasteiger partial charge in [-0.2, -0.15) is 9.97 Å². The molecule has 1 amide bonds. The molecule has 274 valence electrons. The predicted molar refractivity (Wildman–Crippen MR) is 186 cm³/mol. The molecule has 2 aromatic heterocycles. The molecular formula is C37H44F4N6O4. The lowest BCUT2D eigenvalue weighted by atomic mass is 9.94. The fourth-order valence-electron chi connectivity index (χ4n) is 7.23. The minimum absolute atomic E-state index is 0.00187. The van der Waals surface area contributed by atoms with Gasteiger partial charge in [-0.25, -0.2) is 27.4 Å². The molecule has 2 fully saturated rings. The lowest BCUT2D eigenvalue weighted by Crippen LogP contribution is -2.43. The maximum Gasteiger partial charge on any atom is 0.429 e. The Hall–Kier alpha value is -4.46. The summed E-state index contributed by atoms with van der Waals surface area (Å²) >= 11 is 0. The quantitative estimate of drug-likeness (QED) is 0.0902. The molecule has 2 aliphatic heterocycles. The Morgan fingerprint density at radius 1 is 1.14 bits per heavy atom. The van der Waals surface area contributed by atoms with Crippen molar-refractivity contribution in [2.45, 2.75) is 96.9 Å². The second kappa shape index (κ2) is 14.3. The van der Waals surface area contributed by atoms with E-state index in [-0.39, 0.29) is 76.3 Å².